The highest BCUT2D eigenvalue weighted by atomic mass is 16.7. The van der Waals surface area contributed by atoms with Crippen molar-refractivity contribution in [2.75, 3.05) is 44.2 Å². The number of rotatable bonds is 8. The Kier molecular flexibility index (Phi) is 7.13. The molecule has 6 rings (SSSR count). The highest BCUT2D eigenvalue weighted by Gasteiger charge is 2.41. The van der Waals surface area contributed by atoms with Crippen molar-refractivity contribution in [2.45, 2.75) is 50.2 Å². The number of aliphatic imine (C=N–C) groups is 1. The van der Waals surface area contributed by atoms with E-state index in [1.807, 2.05) is 56.3 Å². The van der Waals surface area contributed by atoms with E-state index in [0.29, 0.717) is 48.9 Å². The first kappa shape index (κ1) is 26.6. The van der Waals surface area contributed by atoms with E-state index in [1.54, 1.807) is 13.3 Å². The van der Waals surface area contributed by atoms with Gasteiger partial charge < -0.3 is 34.7 Å². The number of anilines is 3. The summed E-state index contributed by atoms with van der Waals surface area (Å²) in [5.74, 6) is 1.89. The third kappa shape index (κ3) is 5.13. The molecule has 1 aromatic carbocycles. The van der Waals surface area contributed by atoms with Gasteiger partial charge in [-0.25, -0.2) is 15.0 Å². The van der Waals surface area contributed by atoms with E-state index >= 15 is 0 Å². The van der Waals surface area contributed by atoms with Gasteiger partial charge in [0.05, 0.1) is 23.9 Å². The fourth-order valence-corrected chi connectivity index (χ4v) is 5.31. The quantitative estimate of drug-likeness (QED) is 0.381. The lowest BCUT2D eigenvalue weighted by molar-refractivity contribution is -0.175. The monoisotopic (exact) mass is 546 g/mol. The summed E-state index contributed by atoms with van der Waals surface area (Å²) in [5, 5.41) is 16.9. The second kappa shape index (κ2) is 10.7. The third-order valence-electron chi connectivity index (χ3n) is 7.56. The average Bonchev–Trinajstić information content (AvgIpc) is 3.49. The molecule has 11 nitrogen and oxygen atoms in total. The molecule has 3 aliphatic rings. The molecule has 0 aliphatic carbocycles. The highest BCUT2D eigenvalue weighted by molar-refractivity contribution is 5.99. The SMILES string of the molecule is COC1OC(C)(C)c2nc(Nc3ncc(C4=NC5(CCOCC5)CO4)c(N[C@H](CO)c4ccccc4)n3)ccc21. The number of aliphatic hydroxyl groups excluding tert-OH is 1. The number of fused-ring (bicyclic) bond motifs is 1. The number of hydrogen-bond donors (Lipinski definition) is 3. The number of aromatic nitrogens is 3. The number of pyridine rings is 1. The molecule has 0 radical (unpaired) electrons. The number of methoxy groups -OCH3 is 1. The fraction of sp³-hybridized carbons (Fsp3) is 0.448. The van der Waals surface area contributed by atoms with Crippen molar-refractivity contribution in [2.24, 2.45) is 4.99 Å². The normalized spacial score (nSPS) is 21.4. The molecule has 1 fully saturated rings. The van der Waals surface area contributed by atoms with Crippen LogP contribution in [-0.4, -0.2) is 65.0 Å². The zero-order chi connectivity index (χ0) is 27.7. The Bertz CT molecular complexity index is 1390. The molecule has 5 heterocycles. The maximum atomic E-state index is 10.3. The Morgan fingerprint density at radius 1 is 1.10 bits per heavy atom. The Hall–Kier alpha value is -3.64. The second-order valence-corrected chi connectivity index (χ2v) is 10.7. The van der Waals surface area contributed by atoms with Gasteiger partial charge in [-0.3, -0.25) is 0 Å². The van der Waals surface area contributed by atoms with Crippen LogP contribution in [0.15, 0.2) is 53.7 Å². The predicted octanol–water partition coefficient (Wildman–Crippen LogP) is 4.00. The maximum Gasteiger partial charge on any atom is 0.230 e. The van der Waals surface area contributed by atoms with Crippen LogP contribution in [0, 0.1) is 0 Å². The molecule has 11 heteroatoms. The van der Waals surface area contributed by atoms with E-state index in [9.17, 15) is 5.11 Å². The summed E-state index contributed by atoms with van der Waals surface area (Å²) in [6, 6.07) is 13.1. The van der Waals surface area contributed by atoms with Crippen LogP contribution >= 0.6 is 0 Å². The van der Waals surface area contributed by atoms with Crippen LogP contribution in [0.1, 0.15) is 61.4 Å². The summed E-state index contributed by atoms with van der Waals surface area (Å²) in [6.07, 6.45) is 2.83. The van der Waals surface area contributed by atoms with Gasteiger partial charge in [-0.1, -0.05) is 30.3 Å². The molecule has 3 N–H and O–H groups in total. The molecule has 0 saturated carbocycles. The minimum Gasteiger partial charge on any atom is -0.475 e. The number of aliphatic hydroxyl groups is 1. The molecule has 210 valence electrons. The molecule has 1 saturated heterocycles. The summed E-state index contributed by atoms with van der Waals surface area (Å²) in [5.41, 5.74) is 2.34. The van der Waals surface area contributed by atoms with E-state index in [2.05, 4.69) is 15.6 Å². The standard InChI is InChI=1S/C29H34N6O5/c1-28(2)23-19(26(37-3)40-28)9-10-22(32-23)33-27-30-15-20(25-35-29(17-39-25)11-13-38-14-12-29)24(34-27)31-21(16-36)18-7-5-4-6-8-18/h4-10,15,21,26,36H,11-14,16-17H2,1-3H3,(H2,30,31,32,33,34)/t21-,26?/m1/s1. The molecule has 2 aromatic heterocycles. The van der Waals surface area contributed by atoms with E-state index in [-0.39, 0.29) is 12.1 Å². The molecule has 0 bridgehead atoms. The van der Waals surface area contributed by atoms with Crippen molar-refractivity contribution in [3.63, 3.8) is 0 Å². The molecule has 2 atom stereocenters. The number of hydrogen-bond acceptors (Lipinski definition) is 11. The number of nitrogens with zero attached hydrogens (tertiary/aromatic N) is 4. The Labute approximate surface area is 233 Å². The van der Waals surface area contributed by atoms with Crippen LogP contribution < -0.4 is 10.6 Å². The molecular weight excluding hydrogens is 512 g/mol. The summed E-state index contributed by atoms with van der Waals surface area (Å²) < 4.78 is 23.1. The number of benzene rings is 1. The summed E-state index contributed by atoms with van der Waals surface area (Å²) in [4.78, 5) is 19.1. The van der Waals surface area contributed by atoms with Crippen LogP contribution in [0.3, 0.4) is 0 Å². The van der Waals surface area contributed by atoms with E-state index in [4.69, 9.17) is 33.9 Å². The van der Waals surface area contributed by atoms with E-state index in [1.165, 1.54) is 0 Å². The lowest BCUT2D eigenvalue weighted by Crippen LogP contribution is -2.35. The van der Waals surface area contributed by atoms with Gasteiger partial charge >= 0.3 is 0 Å². The van der Waals surface area contributed by atoms with Crippen molar-refractivity contribution in [3.8, 4) is 0 Å². The maximum absolute atomic E-state index is 10.3. The summed E-state index contributed by atoms with van der Waals surface area (Å²) >= 11 is 0. The minimum atomic E-state index is -0.604. The van der Waals surface area contributed by atoms with Crippen molar-refractivity contribution in [3.05, 3.63) is 71.0 Å². The molecular formula is C29H34N6O5. The lowest BCUT2D eigenvalue weighted by Gasteiger charge is -2.28. The smallest absolute Gasteiger partial charge is 0.230 e. The zero-order valence-corrected chi connectivity index (χ0v) is 22.9. The van der Waals surface area contributed by atoms with Crippen LogP contribution in [0.5, 0.6) is 0 Å². The predicted molar refractivity (Wildman–Crippen MR) is 149 cm³/mol. The van der Waals surface area contributed by atoms with Crippen LogP contribution in [-0.2, 0) is 24.5 Å². The molecule has 3 aliphatic heterocycles. The number of ether oxygens (including phenoxy) is 4. The number of nitrogens with one attached hydrogen (secondary N) is 2. The van der Waals surface area contributed by atoms with Gasteiger partial charge in [0, 0.05) is 32.1 Å². The lowest BCUT2D eigenvalue weighted by atomic mass is 9.92. The summed E-state index contributed by atoms with van der Waals surface area (Å²) in [7, 11) is 1.61. The first-order valence-electron chi connectivity index (χ1n) is 13.5. The van der Waals surface area contributed by atoms with Gasteiger partial charge in [-0.15, -0.1) is 0 Å². The van der Waals surface area contributed by atoms with Gasteiger partial charge in [0.15, 0.2) is 6.29 Å². The second-order valence-electron chi connectivity index (χ2n) is 10.7. The fourth-order valence-electron chi connectivity index (χ4n) is 5.31. The first-order chi connectivity index (χ1) is 19.4. The first-order valence-corrected chi connectivity index (χ1v) is 13.5. The van der Waals surface area contributed by atoms with Crippen LogP contribution in [0.4, 0.5) is 17.6 Å². The summed E-state index contributed by atoms with van der Waals surface area (Å²) in [6.45, 7) is 5.60. The molecule has 0 amide bonds. The topological polar surface area (TPSA) is 132 Å². The molecule has 3 aromatic rings. The highest BCUT2D eigenvalue weighted by Crippen LogP contribution is 2.43. The van der Waals surface area contributed by atoms with Gasteiger partial charge in [0.25, 0.3) is 0 Å². The molecule has 1 spiro atoms. The largest absolute Gasteiger partial charge is 0.475 e. The average molecular weight is 547 g/mol. The van der Waals surface area contributed by atoms with Crippen LogP contribution in [0.25, 0.3) is 0 Å². The van der Waals surface area contributed by atoms with Crippen LogP contribution in [0.2, 0.25) is 0 Å². The Morgan fingerprint density at radius 2 is 1.90 bits per heavy atom. The van der Waals surface area contributed by atoms with E-state index in [0.717, 1.165) is 29.7 Å². The van der Waals surface area contributed by atoms with Gasteiger partial charge in [0.1, 0.15) is 29.4 Å². The zero-order valence-electron chi connectivity index (χ0n) is 22.9. The van der Waals surface area contributed by atoms with Gasteiger partial charge in [0.2, 0.25) is 11.8 Å². The van der Waals surface area contributed by atoms with Gasteiger partial charge in [-0.05, 0) is 44.4 Å². The van der Waals surface area contributed by atoms with Crippen molar-refractivity contribution < 1.29 is 24.1 Å². The van der Waals surface area contributed by atoms with Crippen molar-refractivity contribution in [1.82, 2.24) is 15.0 Å². The van der Waals surface area contributed by atoms with Crippen molar-refractivity contribution in [1.29, 1.82) is 0 Å². The Morgan fingerprint density at radius 3 is 2.65 bits per heavy atom. The van der Waals surface area contributed by atoms with Crippen molar-refractivity contribution >= 4 is 23.5 Å². The minimum absolute atomic E-state index is 0.132. The molecule has 1 unspecified atom stereocenters. The molecule has 40 heavy (non-hydrogen) atoms. The third-order valence-corrected chi connectivity index (χ3v) is 7.56. The van der Waals surface area contributed by atoms with E-state index < -0.39 is 17.9 Å². The van der Waals surface area contributed by atoms with Gasteiger partial charge in [-0.2, -0.15) is 4.98 Å². The Balaban J connectivity index is 1.33.